The number of nitriles is 1. The molecule has 0 unspecified atom stereocenters. The Morgan fingerprint density at radius 2 is 2.29 bits per heavy atom. The number of halogens is 2. The van der Waals surface area contributed by atoms with E-state index < -0.39 is 17.9 Å². The summed E-state index contributed by atoms with van der Waals surface area (Å²) in [4.78, 5) is 3.33. The number of hydrogen-bond donors (Lipinski definition) is 2. The highest BCUT2D eigenvalue weighted by Gasteiger charge is 2.19. The highest BCUT2D eigenvalue weighted by atomic mass is 19.3. The van der Waals surface area contributed by atoms with E-state index >= 15 is 0 Å². The standard InChI is InChI=1S/C8H7F2N3O/c9-8(10)6-7(14)5(2-12)4(1-11)3-13-6/h3,8,14H,1,11H2. The van der Waals surface area contributed by atoms with E-state index in [0.29, 0.717) is 0 Å². The van der Waals surface area contributed by atoms with Gasteiger partial charge in [-0.25, -0.2) is 8.78 Å². The molecule has 0 aromatic carbocycles. The van der Waals surface area contributed by atoms with Crippen LogP contribution in [0.3, 0.4) is 0 Å². The van der Waals surface area contributed by atoms with E-state index in [9.17, 15) is 13.9 Å². The lowest BCUT2D eigenvalue weighted by molar-refractivity contribution is 0.141. The maximum Gasteiger partial charge on any atom is 0.284 e. The van der Waals surface area contributed by atoms with Crippen molar-refractivity contribution in [3.05, 3.63) is 23.0 Å². The molecule has 1 rings (SSSR count). The molecule has 1 aromatic heterocycles. The van der Waals surface area contributed by atoms with Crippen LogP contribution in [0.25, 0.3) is 0 Å². The van der Waals surface area contributed by atoms with Crippen molar-refractivity contribution < 1.29 is 13.9 Å². The van der Waals surface area contributed by atoms with E-state index in [2.05, 4.69) is 4.98 Å². The Morgan fingerprint density at radius 3 is 2.71 bits per heavy atom. The quantitative estimate of drug-likeness (QED) is 0.745. The Kier molecular flexibility index (Phi) is 2.94. The fourth-order valence-electron chi connectivity index (χ4n) is 0.993. The van der Waals surface area contributed by atoms with E-state index in [1.807, 2.05) is 0 Å². The van der Waals surface area contributed by atoms with Crippen molar-refractivity contribution in [1.29, 1.82) is 5.26 Å². The maximum atomic E-state index is 12.2. The van der Waals surface area contributed by atoms with Crippen molar-refractivity contribution in [1.82, 2.24) is 4.98 Å². The van der Waals surface area contributed by atoms with E-state index in [4.69, 9.17) is 11.0 Å². The first-order valence-corrected chi connectivity index (χ1v) is 3.70. The predicted octanol–water partition coefficient (Wildman–Crippen LogP) is 1.06. The van der Waals surface area contributed by atoms with Crippen molar-refractivity contribution in [2.24, 2.45) is 5.73 Å². The summed E-state index contributed by atoms with van der Waals surface area (Å²) < 4.78 is 24.4. The lowest BCUT2D eigenvalue weighted by Gasteiger charge is -2.06. The predicted molar refractivity (Wildman–Crippen MR) is 43.5 cm³/mol. The molecule has 14 heavy (non-hydrogen) atoms. The summed E-state index contributed by atoms with van der Waals surface area (Å²) in [5, 5.41) is 17.8. The molecule has 0 aliphatic carbocycles. The Hall–Kier alpha value is -1.74. The number of alkyl halides is 2. The van der Waals surface area contributed by atoms with Crippen LogP contribution in [0.1, 0.15) is 23.2 Å². The van der Waals surface area contributed by atoms with Crippen molar-refractivity contribution >= 4 is 0 Å². The van der Waals surface area contributed by atoms with Gasteiger partial charge in [0.1, 0.15) is 17.3 Å². The minimum atomic E-state index is -2.91. The fourth-order valence-corrected chi connectivity index (χ4v) is 0.993. The minimum Gasteiger partial charge on any atom is -0.505 e. The third-order valence-corrected chi connectivity index (χ3v) is 1.70. The van der Waals surface area contributed by atoms with Crippen molar-refractivity contribution in [2.45, 2.75) is 13.0 Å². The van der Waals surface area contributed by atoms with Crippen LogP contribution in [0.15, 0.2) is 6.20 Å². The summed E-state index contributed by atoms with van der Waals surface area (Å²) in [5.74, 6) is -0.787. The number of rotatable bonds is 2. The number of pyridine rings is 1. The second kappa shape index (κ2) is 3.98. The van der Waals surface area contributed by atoms with Crippen molar-refractivity contribution in [3.63, 3.8) is 0 Å². The summed E-state index contributed by atoms with van der Waals surface area (Å²) in [5.41, 5.74) is 4.45. The third-order valence-electron chi connectivity index (χ3n) is 1.70. The van der Waals surface area contributed by atoms with E-state index in [-0.39, 0.29) is 17.7 Å². The topological polar surface area (TPSA) is 82.9 Å². The van der Waals surface area contributed by atoms with Gasteiger partial charge in [0.05, 0.1) is 0 Å². The number of hydrogen-bond acceptors (Lipinski definition) is 4. The van der Waals surface area contributed by atoms with Crippen molar-refractivity contribution in [2.75, 3.05) is 0 Å². The molecule has 6 heteroatoms. The van der Waals surface area contributed by atoms with Crippen LogP contribution in [-0.2, 0) is 6.54 Å². The van der Waals surface area contributed by atoms with Crippen molar-refractivity contribution in [3.8, 4) is 11.8 Å². The first kappa shape index (κ1) is 10.3. The van der Waals surface area contributed by atoms with Gasteiger partial charge in [0, 0.05) is 18.3 Å². The second-order valence-electron chi connectivity index (χ2n) is 2.51. The van der Waals surface area contributed by atoms with E-state index in [0.717, 1.165) is 6.20 Å². The molecule has 0 radical (unpaired) electrons. The van der Waals surface area contributed by atoms with Gasteiger partial charge in [-0.1, -0.05) is 0 Å². The van der Waals surface area contributed by atoms with Gasteiger partial charge < -0.3 is 10.8 Å². The third kappa shape index (κ3) is 1.63. The number of aromatic nitrogens is 1. The fraction of sp³-hybridized carbons (Fsp3) is 0.250. The molecule has 1 heterocycles. The smallest absolute Gasteiger partial charge is 0.284 e. The Bertz CT molecular complexity index is 387. The largest absolute Gasteiger partial charge is 0.505 e. The molecular weight excluding hydrogens is 192 g/mol. The summed E-state index contributed by atoms with van der Waals surface area (Å²) in [6, 6.07) is 1.61. The van der Waals surface area contributed by atoms with Gasteiger partial charge in [-0.15, -0.1) is 0 Å². The molecule has 0 spiro atoms. The molecule has 74 valence electrons. The average molecular weight is 199 g/mol. The summed E-state index contributed by atoms with van der Waals surface area (Å²) >= 11 is 0. The monoisotopic (exact) mass is 199 g/mol. The van der Waals surface area contributed by atoms with E-state index in [1.165, 1.54) is 0 Å². The molecule has 3 N–H and O–H groups in total. The molecule has 1 aromatic rings. The molecule has 0 amide bonds. The minimum absolute atomic E-state index is 0.0348. The Labute approximate surface area is 78.6 Å². The maximum absolute atomic E-state index is 12.2. The van der Waals surface area contributed by atoms with Gasteiger partial charge in [-0.3, -0.25) is 4.98 Å². The molecule has 0 saturated carbocycles. The van der Waals surface area contributed by atoms with Gasteiger partial charge in [0.2, 0.25) is 0 Å². The summed E-state index contributed by atoms with van der Waals surface area (Å²) in [7, 11) is 0. The van der Waals surface area contributed by atoms with Crippen LogP contribution in [0.2, 0.25) is 0 Å². The molecule has 0 bridgehead atoms. The van der Waals surface area contributed by atoms with Gasteiger partial charge in [0.25, 0.3) is 6.43 Å². The zero-order chi connectivity index (χ0) is 10.7. The lowest BCUT2D eigenvalue weighted by atomic mass is 10.1. The summed E-state index contributed by atoms with van der Waals surface area (Å²) in [6.45, 7) is -0.0348. The molecule has 4 nitrogen and oxygen atoms in total. The highest BCUT2D eigenvalue weighted by Crippen LogP contribution is 2.30. The SMILES string of the molecule is N#Cc1c(CN)cnc(C(F)F)c1O. The zero-order valence-electron chi connectivity index (χ0n) is 7.04. The normalized spacial score (nSPS) is 10.2. The molecule has 0 aliphatic heterocycles. The Balaban J connectivity index is 3.37. The van der Waals surface area contributed by atoms with E-state index in [1.54, 1.807) is 6.07 Å². The zero-order valence-corrected chi connectivity index (χ0v) is 7.04. The van der Waals surface area contributed by atoms with Crippen LogP contribution in [0, 0.1) is 11.3 Å². The van der Waals surface area contributed by atoms with Gasteiger partial charge in [0.15, 0.2) is 5.75 Å². The number of aromatic hydroxyl groups is 1. The summed E-state index contributed by atoms with van der Waals surface area (Å²) in [6.07, 6.45) is -1.84. The van der Waals surface area contributed by atoms with Crippen LogP contribution in [-0.4, -0.2) is 10.1 Å². The van der Waals surface area contributed by atoms with Crippen LogP contribution in [0.4, 0.5) is 8.78 Å². The van der Waals surface area contributed by atoms with Crippen LogP contribution in [0.5, 0.6) is 5.75 Å². The van der Waals surface area contributed by atoms with Crippen LogP contribution >= 0.6 is 0 Å². The van der Waals surface area contributed by atoms with Gasteiger partial charge in [-0.05, 0) is 0 Å². The molecule has 0 aliphatic rings. The molecular formula is C8H7F2N3O. The van der Waals surface area contributed by atoms with Gasteiger partial charge in [-0.2, -0.15) is 5.26 Å². The second-order valence-corrected chi connectivity index (χ2v) is 2.51. The number of nitrogens with zero attached hydrogens (tertiary/aromatic N) is 2. The van der Waals surface area contributed by atoms with Gasteiger partial charge >= 0.3 is 0 Å². The highest BCUT2D eigenvalue weighted by molar-refractivity contribution is 5.49. The Morgan fingerprint density at radius 1 is 1.64 bits per heavy atom. The lowest BCUT2D eigenvalue weighted by Crippen LogP contribution is -2.03. The molecule has 0 atom stereocenters. The first-order chi connectivity index (χ1) is 6.61. The van der Waals surface area contributed by atoms with Crippen LogP contribution < -0.4 is 5.73 Å². The first-order valence-electron chi connectivity index (χ1n) is 3.70. The molecule has 0 fully saturated rings. The number of nitrogens with two attached hydrogens (primary N) is 1. The molecule has 0 saturated heterocycles. The average Bonchev–Trinajstić information content (AvgIpc) is 2.16.